The molecule has 20 heavy (non-hydrogen) atoms. The third-order valence-electron chi connectivity index (χ3n) is 2.90. The third-order valence-corrected chi connectivity index (χ3v) is 3.88. The Morgan fingerprint density at radius 2 is 2.05 bits per heavy atom. The van der Waals surface area contributed by atoms with E-state index in [9.17, 15) is 4.39 Å². The van der Waals surface area contributed by atoms with Crippen LogP contribution in [-0.2, 0) is 6.54 Å². The SMILES string of the molecule is CCN(Cc1ccc(C#CCN)s1)c1ccccc1F. The van der Waals surface area contributed by atoms with E-state index in [1.165, 1.54) is 6.07 Å². The summed E-state index contributed by atoms with van der Waals surface area (Å²) in [5, 5.41) is 0. The van der Waals surface area contributed by atoms with E-state index in [1.54, 1.807) is 17.4 Å². The maximum atomic E-state index is 13.8. The summed E-state index contributed by atoms with van der Waals surface area (Å²) >= 11 is 1.62. The first kappa shape index (κ1) is 14.6. The molecule has 0 saturated carbocycles. The van der Waals surface area contributed by atoms with Gasteiger partial charge in [-0.15, -0.1) is 11.3 Å². The molecule has 0 aliphatic heterocycles. The van der Waals surface area contributed by atoms with Crippen LogP contribution in [0.4, 0.5) is 10.1 Å². The number of nitrogens with zero attached hydrogens (tertiary/aromatic N) is 1. The van der Waals surface area contributed by atoms with Crippen LogP contribution in [0.25, 0.3) is 0 Å². The van der Waals surface area contributed by atoms with E-state index in [2.05, 4.69) is 11.8 Å². The van der Waals surface area contributed by atoms with E-state index >= 15 is 0 Å². The van der Waals surface area contributed by atoms with Crippen LogP contribution in [-0.4, -0.2) is 13.1 Å². The van der Waals surface area contributed by atoms with Crippen molar-refractivity contribution in [2.24, 2.45) is 5.73 Å². The number of rotatable bonds is 4. The van der Waals surface area contributed by atoms with Crippen molar-refractivity contribution in [2.75, 3.05) is 18.0 Å². The fourth-order valence-electron chi connectivity index (χ4n) is 1.93. The minimum Gasteiger partial charge on any atom is -0.364 e. The largest absolute Gasteiger partial charge is 0.364 e. The zero-order chi connectivity index (χ0) is 14.4. The van der Waals surface area contributed by atoms with Crippen LogP contribution in [0.15, 0.2) is 36.4 Å². The molecular weight excluding hydrogens is 271 g/mol. The summed E-state index contributed by atoms with van der Waals surface area (Å²) in [6, 6.07) is 10.9. The molecule has 2 nitrogen and oxygen atoms in total. The second-order valence-electron chi connectivity index (χ2n) is 4.24. The smallest absolute Gasteiger partial charge is 0.146 e. The van der Waals surface area contributed by atoms with Gasteiger partial charge in [0.15, 0.2) is 0 Å². The van der Waals surface area contributed by atoms with Gasteiger partial charge < -0.3 is 10.6 Å². The Morgan fingerprint density at radius 1 is 1.25 bits per heavy atom. The average molecular weight is 288 g/mol. The van der Waals surface area contributed by atoms with Crippen molar-refractivity contribution < 1.29 is 4.39 Å². The normalized spacial score (nSPS) is 9.95. The van der Waals surface area contributed by atoms with Gasteiger partial charge in [-0.1, -0.05) is 24.0 Å². The molecule has 0 amide bonds. The molecule has 1 aromatic heterocycles. The molecule has 0 aliphatic carbocycles. The van der Waals surface area contributed by atoms with E-state index < -0.39 is 0 Å². The molecule has 0 saturated heterocycles. The molecule has 1 heterocycles. The highest BCUT2D eigenvalue weighted by atomic mass is 32.1. The number of halogens is 1. The van der Waals surface area contributed by atoms with Crippen molar-refractivity contribution >= 4 is 17.0 Å². The lowest BCUT2D eigenvalue weighted by molar-refractivity contribution is 0.618. The van der Waals surface area contributed by atoms with Gasteiger partial charge in [-0.25, -0.2) is 4.39 Å². The van der Waals surface area contributed by atoms with Crippen LogP contribution in [0.5, 0.6) is 0 Å². The molecule has 2 rings (SSSR count). The van der Waals surface area contributed by atoms with Crippen LogP contribution in [0.2, 0.25) is 0 Å². The van der Waals surface area contributed by atoms with Crippen LogP contribution < -0.4 is 10.6 Å². The van der Waals surface area contributed by atoms with Crippen molar-refractivity contribution in [3.8, 4) is 11.8 Å². The van der Waals surface area contributed by atoms with Crippen LogP contribution in [0, 0.1) is 17.7 Å². The summed E-state index contributed by atoms with van der Waals surface area (Å²) < 4.78 is 13.8. The Morgan fingerprint density at radius 3 is 2.75 bits per heavy atom. The molecule has 0 spiro atoms. The first-order chi connectivity index (χ1) is 9.74. The molecule has 0 bridgehead atoms. The fraction of sp³-hybridized carbons (Fsp3) is 0.250. The van der Waals surface area contributed by atoms with Crippen molar-refractivity contribution in [1.82, 2.24) is 0 Å². The predicted molar refractivity (Wildman–Crippen MR) is 83.4 cm³/mol. The standard InChI is InChI=1S/C16H17FN2S/c1-2-19(16-8-4-3-7-15(16)17)12-14-10-9-13(20-14)6-5-11-18/h3-4,7-10H,2,11-12,18H2,1H3. The first-order valence-electron chi connectivity index (χ1n) is 6.51. The molecule has 104 valence electrons. The molecule has 2 N–H and O–H groups in total. The van der Waals surface area contributed by atoms with Crippen LogP contribution >= 0.6 is 11.3 Å². The second kappa shape index (κ2) is 7.09. The number of benzene rings is 1. The topological polar surface area (TPSA) is 29.3 Å². The lowest BCUT2D eigenvalue weighted by Gasteiger charge is -2.22. The number of hydrogen-bond acceptors (Lipinski definition) is 3. The van der Waals surface area contributed by atoms with Gasteiger partial charge in [0, 0.05) is 11.4 Å². The van der Waals surface area contributed by atoms with Gasteiger partial charge >= 0.3 is 0 Å². The van der Waals surface area contributed by atoms with E-state index in [1.807, 2.05) is 36.1 Å². The highest BCUT2D eigenvalue weighted by molar-refractivity contribution is 7.12. The Bertz CT molecular complexity index is 625. The maximum Gasteiger partial charge on any atom is 0.146 e. The number of nitrogens with two attached hydrogens (primary N) is 1. The zero-order valence-corrected chi connectivity index (χ0v) is 12.2. The molecule has 0 unspecified atom stereocenters. The van der Waals surface area contributed by atoms with E-state index in [0.29, 0.717) is 18.8 Å². The Hall–Kier alpha value is -1.83. The van der Waals surface area contributed by atoms with Gasteiger partial charge in [-0.3, -0.25) is 0 Å². The summed E-state index contributed by atoms with van der Waals surface area (Å²) in [4.78, 5) is 4.17. The highest BCUT2D eigenvalue weighted by Gasteiger charge is 2.10. The molecule has 0 aliphatic rings. The number of thiophene rings is 1. The summed E-state index contributed by atoms with van der Waals surface area (Å²) in [6.07, 6.45) is 0. The lowest BCUT2D eigenvalue weighted by Crippen LogP contribution is -2.22. The summed E-state index contributed by atoms with van der Waals surface area (Å²) in [5.41, 5.74) is 6.00. The molecule has 2 aromatic rings. The average Bonchev–Trinajstić information content (AvgIpc) is 2.91. The van der Waals surface area contributed by atoms with Gasteiger partial charge in [0.2, 0.25) is 0 Å². The van der Waals surface area contributed by atoms with Crippen molar-refractivity contribution in [3.05, 3.63) is 52.0 Å². The van der Waals surface area contributed by atoms with Crippen LogP contribution in [0.1, 0.15) is 16.7 Å². The van der Waals surface area contributed by atoms with E-state index in [0.717, 1.165) is 16.3 Å². The molecule has 1 aromatic carbocycles. The van der Waals surface area contributed by atoms with Crippen molar-refractivity contribution in [2.45, 2.75) is 13.5 Å². The molecule has 4 heteroatoms. The van der Waals surface area contributed by atoms with Crippen molar-refractivity contribution in [3.63, 3.8) is 0 Å². The minimum absolute atomic E-state index is 0.186. The minimum atomic E-state index is -0.186. The van der Waals surface area contributed by atoms with Gasteiger partial charge in [-0.2, -0.15) is 0 Å². The Balaban J connectivity index is 2.14. The quantitative estimate of drug-likeness (QED) is 0.875. The first-order valence-corrected chi connectivity index (χ1v) is 7.33. The highest BCUT2D eigenvalue weighted by Crippen LogP contribution is 2.23. The molecule has 0 fully saturated rings. The van der Waals surface area contributed by atoms with E-state index in [-0.39, 0.29) is 5.82 Å². The number of para-hydroxylation sites is 1. The van der Waals surface area contributed by atoms with Gasteiger partial charge in [0.1, 0.15) is 5.82 Å². The number of hydrogen-bond donors (Lipinski definition) is 1. The summed E-state index contributed by atoms with van der Waals surface area (Å²) in [5.74, 6) is 5.67. The Labute approximate surface area is 123 Å². The summed E-state index contributed by atoms with van der Waals surface area (Å²) in [7, 11) is 0. The third kappa shape index (κ3) is 3.60. The predicted octanol–water partition coefficient (Wildman–Crippen LogP) is 3.22. The summed E-state index contributed by atoms with van der Waals surface area (Å²) in [6.45, 7) is 3.83. The van der Waals surface area contributed by atoms with Gasteiger partial charge in [-0.05, 0) is 31.2 Å². The fourth-order valence-corrected chi connectivity index (χ4v) is 2.83. The maximum absolute atomic E-state index is 13.8. The number of anilines is 1. The zero-order valence-electron chi connectivity index (χ0n) is 11.4. The van der Waals surface area contributed by atoms with Gasteiger partial charge in [0.05, 0.1) is 23.7 Å². The molecule has 0 radical (unpaired) electrons. The van der Waals surface area contributed by atoms with E-state index in [4.69, 9.17) is 5.73 Å². The Kier molecular flexibility index (Phi) is 5.16. The van der Waals surface area contributed by atoms with Crippen LogP contribution in [0.3, 0.4) is 0 Å². The lowest BCUT2D eigenvalue weighted by atomic mass is 10.2. The monoisotopic (exact) mass is 288 g/mol. The van der Waals surface area contributed by atoms with Gasteiger partial charge in [0.25, 0.3) is 0 Å². The second-order valence-corrected chi connectivity index (χ2v) is 5.41. The molecular formula is C16H17FN2S. The van der Waals surface area contributed by atoms with Crippen molar-refractivity contribution in [1.29, 1.82) is 0 Å². The molecule has 0 atom stereocenters.